The van der Waals surface area contributed by atoms with E-state index in [1.165, 1.54) is 19.1 Å². The topological polar surface area (TPSA) is 29.1 Å². The summed E-state index contributed by atoms with van der Waals surface area (Å²) < 4.78 is 26.7. The van der Waals surface area contributed by atoms with E-state index >= 15 is 0 Å². The number of hydrogen-bond donors (Lipinski definition) is 1. The van der Waals surface area contributed by atoms with Gasteiger partial charge in [-0.05, 0) is 30.2 Å². The lowest BCUT2D eigenvalue weighted by Gasteiger charge is -2.10. The van der Waals surface area contributed by atoms with Crippen molar-refractivity contribution in [1.29, 1.82) is 0 Å². The minimum absolute atomic E-state index is 0.111. The summed E-state index contributed by atoms with van der Waals surface area (Å²) in [5.41, 5.74) is 0.574. The molecular weight excluding hydrogens is 200 g/mol. The first-order valence-corrected chi connectivity index (χ1v) is 4.80. The van der Waals surface area contributed by atoms with E-state index in [0.717, 1.165) is 0 Å². The summed E-state index contributed by atoms with van der Waals surface area (Å²) in [5.74, 6) is -1.21. The predicted molar refractivity (Wildman–Crippen MR) is 51.5 cm³/mol. The minimum Gasteiger partial charge on any atom is -0.355 e. The van der Waals surface area contributed by atoms with Gasteiger partial charge in [-0.25, -0.2) is 8.78 Å². The lowest BCUT2D eigenvalue weighted by Crippen LogP contribution is -2.13. The van der Waals surface area contributed by atoms with Gasteiger partial charge in [-0.3, -0.25) is 4.79 Å². The molecule has 1 aromatic carbocycles. The van der Waals surface area contributed by atoms with Gasteiger partial charge in [0.25, 0.3) is 0 Å². The Morgan fingerprint density at radius 2 is 2.07 bits per heavy atom. The van der Waals surface area contributed by atoms with Gasteiger partial charge in [-0.1, -0.05) is 0 Å². The Morgan fingerprint density at radius 1 is 1.33 bits per heavy atom. The first-order valence-electron chi connectivity index (χ1n) is 4.80. The molecule has 1 aromatic rings. The molecule has 1 unspecified atom stereocenters. The van der Waals surface area contributed by atoms with Gasteiger partial charge in [0, 0.05) is 18.9 Å². The van der Waals surface area contributed by atoms with Crippen LogP contribution in [-0.2, 0) is 4.79 Å². The van der Waals surface area contributed by atoms with Crippen molar-refractivity contribution < 1.29 is 13.6 Å². The van der Waals surface area contributed by atoms with Crippen LogP contribution in [0.25, 0.3) is 0 Å². The molecule has 2 nitrogen and oxygen atoms in total. The number of aryl methyl sites for hydroxylation is 1. The third-order valence-corrected chi connectivity index (χ3v) is 2.70. The van der Waals surface area contributed by atoms with Crippen LogP contribution in [0.3, 0.4) is 0 Å². The molecule has 1 heterocycles. The van der Waals surface area contributed by atoms with Crippen LogP contribution in [0.1, 0.15) is 23.5 Å². The molecule has 80 valence electrons. The lowest BCUT2D eigenvalue weighted by molar-refractivity contribution is -0.119. The maximum atomic E-state index is 13.5. The monoisotopic (exact) mass is 211 g/mol. The fraction of sp³-hybridized carbons (Fsp3) is 0.364. The van der Waals surface area contributed by atoms with E-state index in [0.29, 0.717) is 6.54 Å². The maximum absolute atomic E-state index is 13.5. The summed E-state index contributed by atoms with van der Waals surface area (Å²) in [6.45, 7) is 1.90. The van der Waals surface area contributed by atoms with Crippen molar-refractivity contribution in [2.45, 2.75) is 19.3 Å². The van der Waals surface area contributed by atoms with Crippen molar-refractivity contribution >= 4 is 5.91 Å². The average molecular weight is 211 g/mol. The van der Waals surface area contributed by atoms with E-state index < -0.39 is 11.6 Å². The smallest absolute Gasteiger partial charge is 0.220 e. The highest BCUT2D eigenvalue weighted by Gasteiger charge is 2.26. The fourth-order valence-corrected chi connectivity index (χ4v) is 1.80. The molecule has 0 spiro atoms. The van der Waals surface area contributed by atoms with Crippen LogP contribution in [-0.4, -0.2) is 12.5 Å². The predicted octanol–water partition coefficient (Wildman–Crippen LogP) is 1.88. The minimum atomic E-state index is -0.435. The highest BCUT2D eigenvalue weighted by Crippen LogP contribution is 2.27. The summed E-state index contributed by atoms with van der Waals surface area (Å²) in [4.78, 5) is 11.0. The molecule has 0 aliphatic carbocycles. The maximum Gasteiger partial charge on any atom is 0.220 e. The van der Waals surface area contributed by atoms with Gasteiger partial charge in [0.15, 0.2) is 0 Å². The van der Waals surface area contributed by atoms with Crippen molar-refractivity contribution in [3.63, 3.8) is 0 Å². The standard InChI is InChI=1S/C11H11F2NO/c1-6-2-10(13)8(4-9(6)12)7-3-11(15)14-5-7/h2,4,7H,3,5H2,1H3,(H,14,15). The molecule has 1 N–H and O–H groups in total. The number of rotatable bonds is 1. The number of halogens is 2. The molecule has 0 radical (unpaired) electrons. The normalized spacial score (nSPS) is 20.5. The molecule has 0 saturated carbocycles. The van der Waals surface area contributed by atoms with Crippen LogP contribution in [0, 0.1) is 18.6 Å². The summed E-state index contributed by atoms with van der Waals surface area (Å²) in [6, 6.07) is 2.36. The first-order chi connectivity index (χ1) is 7.08. The molecular formula is C11H11F2NO. The van der Waals surface area contributed by atoms with E-state index in [9.17, 15) is 13.6 Å². The van der Waals surface area contributed by atoms with Gasteiger partial charge >= 0.3 is 0 Å². The van der Waals surface area contributed by atoms with Crippen molar-refractivity contribution in [3.8, 4) is 0 Å². The Kier molecular flexibility index (Phi) is 2.42. The van der Waals surface area contributed by atoms with E-state index in [1.54, 1.807) is 0 Å². The lowest BCUT2D eigenvalue weighted by atomic mass is 9.96. The Labute approximate surface area is 86.3 Å². The number of carbonyl (C=O) groups excluding carboxylic acids is 1. The Balaban J connectivity index is 2.36. The van der Waals surface area contributed by atoms with Crippen molar-refractivity contribution in [2.24, 2.45) is 0 Å². The Bertz CT molecular complexity index is 417. The van der Waals surface area contributed by atoms with E-state index in [4.69, 9.17) is 0 Å². The van der Waals surface area contributed by atoms with Crippen LogP contribution in [0.4, 0.5) is 8.78 Å². The van der Waals surface area contributed by atoms with Crippen molar-refractivity contribution in [1.82, 2.24) is 5.32 Å². The summed E-state index contributed by atoms with van der Waals surface area (Å²) in [5, 5.41) is 2.60. The van der Waals surface area contributed by atoms with Gasteiger partial charge in [-0.2, -0.15) is 0 Å². The first kappa shape index (κ1) is 10.1. The third-order valence-electron chi connectivity index (χ3n) is 2.70. The second-order valence-corrected chi connectivity index (χ2v) is 3.83. The van der Waals surface area contributed by atoms with E-state index in [2.05, 4.69) is 5.32 Å². The molecule has 1 saturated heterocycles. The van der Waals surface area contributed by atoms with Gasteiger partial charge in [-0.15, -0.1) is 0 Å². The van der Waals surface area contributed by atoms with Gasteiger partial charge in [0.2, 0.25) is 5.91 Å². The van der Waals surface area contributed by atoms with Crippen molar-refractivity contribution in [3.05, 3.63) is 34.9 Å². The number of amides is 1. The fourth-order valence-electron chi connectivity index (χ4n) is 1.80. The quantitative estimate of drug-likeness (QED) is 0.755. The molecule has 1 aliphatic rings. The van der Waals surface area contributed by atoms with Crippen LogP contribution in [0.15, 0.2) is 12.1 Å². The largest absolute Gasteiger partial charge is 0.355 e. The van der Waals surface area contributed by atoms with Crippen LogP contribution < -0.4 is 5.32 Å². The molecule has 1 atom stereocenters. The van der Waals surface area contributed by atoms with E-state index in [-0.39, 0.29) is 29.4 Å². The molecule has 0 aromatic heterocycles. The van der Waals surface area contributed by atoms with Crippen LogP contribution >= 0.6 is 0 Å². The second kappa shape index (κ2) is 3.61. The zero-order valence-electron chi connectivity index (χ0n) is 8.31. The molecule has 15 heavy (non-hydrogen) atoms. The zero-order valence-corrected chi connectivity index (χ0v) is 8.31. The number of nitrogens with one attached hydrogen (secondary N) is 1. The molecule has 0 bridgehead atoms. The van der Waals surface area contributed by atoms with E-state index in [1.807, 2.05) is 0 Å². The van der Waals surface area contributed by atoms with Crippen molar-refractivity contribution in [2.75, 3.05) is 6.54 Å². The number of carbonyl (C=O) groups is 1. The molecule has 1 fully saturated rings. The third kappa shape index (κ3) is 1.84. The Morgan fingerprint density at radius 3 is 2.67 bits per heavy atom. The summed E-state index contributed by atoms with van der Waals surface area (Å²) >= 11 is 0. The second-order valence-electron chi connectivity index (χ2n) is 3.83. The SMILES string of the molecule is Cc1cc(F)c(C2CNC(=O)C2)cc1F. The number of hydrogen-bond acceptors (Lipinski definition) is 1. The highest BCUT2D eigenvalue weighted by molar-refractivity contribution is 5.79. The Hall–Kier alpha value is -1.45. The van der Waals surface area contributed by atoms with Gasteiger partial charge in [0.1, 0.15) is 11.6 Å². The number of benzene rings is 1. The summed E-state index contributed by atoms with van der Waals surface area (Å²) in [6.07, 6.45) is 0.236. The molecule has 2 rings (SSSR count). The van der Waals surface area contributed by atoms with Crippen LogP contribution in [0.2, 0.25) is 0 Å². The zero-order chi connectivity index (χ0) is 11.0. The molecule has 1 amide bonds. The van der Waals surface area contributed by atoms with Gasteiger partial charge < -0.3 is 5.32 Å². The molecule has 1 aliphatic heterocycles. The molecule has 4 heteroatoms. The highest BCUT2D eigenvalue weighted by atomic mass is 19.1. The average Bonchev–Trinajstić information content (AvgIpc) is 2.58. The summed E-state index contributed by atoms with van der Waals surface area (Å²) in [7, 11) is 0. The van der Waals surface area contributed by atoms with Crippen LogP contribution in [0.5, 0.6) is 0 Å². The van der Waals surface area contributed by atoms with Gasteiger partial charge in [0.05, 0.1) is 0 Å².